The lowest BCUT2D eigenvalue weighted by Crippen LogP contribution is -2.24. The Labute approximate surface area is 147 Å². The largest absolute Gasteiger partial charge is 0.416 e. The smallest absolute Gasteiger partial charge is 0.346 e. The molecule has 0 atom stereocenters. The molecule has 140 valence electrons. The van der Waals surface area contributed by atoms with E-state index in [1.54, 1.807) is 10.9 Å². The summed E-state index contributed by atoms with van der Waals surface area (Å²) < 4.78 is 53.1. The number of benzene rings is 1. The Morgan fingerprint density at radius 2 is 1.96 bits per heavy atom. The Balaban J connectivity index is 1.61. The van der Waals surface area contributed by atoms with Crippen LogP contribution in [-0.4, -0.2) is 20.9 Å². The third-order valence-corrected chi connectivity index (χ3v) is 4.51. The molecule has 1 N–H and O–H groups in total. The first-order valence-electron chi connectivity index (χ1n) is 8.40. The van der Waals surface area contributed by atoms with Gasteiger partial charge in [-0.1, -0.05) is 30.5 Å². The van der Waals surface area contributed by atoms with Gasteiger partial charge in [-0.3, -0.25) is 4.79 Å². The molecule has 0 aliphatic heterocycles. The van der Waals surface area contributed by atoms with Crippen LogP contribution in [0.5, 0.6) is 0 Å². The number of aromatic nitrogens is 3. The first-order chi connectivity index (χ1) is 12.3. The highest BCUT2D eigenvalue weighted by atomic mass is 19.4. The predicted molar refractivity (Wildman–Crippen MR) is 84.7 cm³/mol. The minimum absolute atomic E-state index is 0.0361. The van der Waals surface area contributed by atoms with Gasteiger partial charge in [0.15, 0.2) is 5.69 Å². The van der Waals surface area contributed by atoms with E-state index in [2.05, 4.69) is 15.6 Å². The van der Waals surface area contributed by atoms with E-state index in [4.69, 9.17) is 0 Å². The summed E-state index contributed by atoms with van der Waals surface area (Å²) in [5.74, 6) is -1.57. The van der Waals surface area contributed by atoms with Crippen LogP contribution in [-0.2, 0) is 12.7 Å². The predicted octanol–water partition coefficient (Wildman–Crippen LogP) is 3.87. The molecule has 0 bridgehead atoms. The molecule has 9 heteroatoms. The van der Waals surface area contributed by atoms with Crippen molar-refractivity contribution in [3.05, 3.63) is 47.0 Å². The van der Waals surface area contributed by atoms with Gasteiger partial charge in [0.05, 0.1) is 17.8 Å². The SMILES string of the molecule is O=C(NCc1ccc(C(F)(F)F)cc1F)c1cn(C2CCCCC2)nn1. The highest BCUT2D eigenvalue weighted by molar-refractivity contribution is 5.91. The molecule has 0 unspecified atom stereocenters. The summed E-state index contributed by atoms with van der Waals surface area (Å²) in [5, 5.41) is 10.3. The number of carbonyl (C=O) groups is 1. The van der Waals surface area contributed by atoms with Crippen molar-refractivity contribution in [2.24, 2.45) is 0 Å². The highest BCUT2D eigenvalue weighted by Crippen LogP contribution is 2.30. The van der Waals surface area contributed by atoms with Gasteiger partial charge in [-0.05, 0) is 25.0 Å². The molecule has 3 rings (SSSR count). The third kappa shape index (κ3) is 4.20. The van der Waals surface area contributed by atoms with Crippen LogP contribution < -0.4 is 5.32 Å². The van der Waals surface area contributed by atoms with E-state index < -0.39 is 23.5 Å². The number of hydrogen-bond acceptors (Lipinski definition) is 3. The van der Waals surface area contributed by atoms with Crippen molar-refractivity contribution in [3.8, 4) is 0 Å². The maximum absolute atomic E-state index is 13.8. The first-order valence-corrected chi connectivity index (χ1v) is 8.40. The maximum Gasteiger partial charge on any atom is 0.416 e. The van der Waals surface area contributed by atoms with Crippen molar-refractivity contribution < 1.29 is 22.4 Å². The Morgan fingerprint density at radius 3 is 2.62 bits per heavy atom. The van der Waals surface area contributed by atoms with Gasteiger partial charge in [0.2, 0.25) is 0 Å². The Kier molecular flexibility index (Phi) is 5.24. The van der Waals surface area contributed by atoms with Gasteiger partial charge in [0.25, 0.3) is 5.91 Å². The lowest BCUT2D eigenvalue weighted by atomic mass is 9.96. The number of nitrogens with zero attached hydrogens (tertiary/aromatic N) is 3. The maximum atomic E-state index is 13.8. The number of alkyl halides is 3. The fourth-order valence-electron chi connectivity index (χ4n) is 3.04. The minimum Gasteiger partial charge on any atom is -0.346 e. The lowest BCUT2D eigenvalue weighted by Gasteiger charge is -2.20. The van der Waals surface area contributed by atoms with Crippen molar-refractivity contribution in [3.63, 3.8) is 0 Å². The van der Waals surface area contributed by atoms with E-state index >= 15 is 0 Å². The summed E-state index contributed by atoms with van der Waals surface area (Å²) in [4.78, 5) is 12.1. The molecule has 1 aromatic heterocycles. The standard InChI is InChI=1S/C17H18F4N4O/c18-14-8-12(17(19,20)21)7-6-11(14)9-22-16(26)15-10-25(24-23-15)13-4-2-1-3-5-13/h6-8,10,13H,1-5,9H2,(H,22,26). The minimum atomic E-state index is -4.61. The number of carbonyl (C=O) groups excluding carboxylic acids is 1. The quantitative estimate of drug-likeness (QED) is 0.831. The summed E-state index contributed by atoms with van der Waals surface area (Å²) >= 11 is 0. The molecular weight excluding hydrogens is 352 g/mol. The monoisotopic (exact) mass is 370 g/mol. The average Bonchev–Trinajstić information content (AvgIpc) is 3.10. The van der Waals surface area contributed by atoms with E-state index in [0.717, 1.165) is 37.8 Å². The molecule has 0 spiro atoms. The molecule has 1 saturated carbocycles. The van der Waals surface area contributed by atoms with Crippen LogP contribution in [0.2, 0.25) is 0 Å². The van der Waals surface area contributed by atoms with E-state index in [1.807, 2.05) is 0 Å². The second-order valence-corrected chi connectivity index (χ2v) is 6.36. The van der Waals surface area contributed by atoms with Crippen LogP contribution in [0.25, 0.3) is 0 Å². The zero-order valence-electron chi connectivity index (χ0n) is 13.9. The van der Waals surface area contributed by atoms with E-state index in [0.29, 0.717) is 6.07 Å². The molecule has 1 amide bonds. The van der Waals surface area contributed by atoms with Crippen molar-refractivity contribution in [2.45, 2.75) is 50.9 Å². The van der Waals surface area contributed by atoms with Crippen LogP contribution in [0, 0.1) is 5.82 Å². The normalized spacial score (nSPS) is 15.8. The van der Waals surface area contributed by atoms with Gasteiger partial charge in [-0.15, -0.1) is 5.10 Å². The van der Waals surface area contributed by atoms with Crippen molar-refractivity contribution in [1.82, 2.24) is 20.3 Å². The molecule has 0 radical (unpaired) electrons. The second-order valence-electron chi connectivity index (χ2n) is 6.36. The molecule has 2 aromatic rings. The zero-order valence-corrected chi connectivity index (χ0v) is 13.9. The topological polar surface area (TPSA) is 59.8 Å². The molecule has 0 saturated heterocycles. The average molecular weight is 370 g/mol. The molecule has 26 heavy (non-hydrogen) atoms. The molecular formula is C17H18F4N4O. The molecule has 5 nitrogen and oxygen atoms in total. The number of amides is 1. The fraction of sp³-hybridized carbons (Fsp3) is 0.471. The lowest BCUT2D eigenvalue weighted by molar-refractivity contribution is -0.137. The van der Waals surface area contributed by atoms with Gasteiger partial charge < -0.3 is 5.32 Å². The van der Waals surface area contributed by atoms with E-state index in [9.17, 15) is 22.4 Å². The van der Waals surface area contributed by atoms with Crippen LogP contribution in [0.15, 0.2) is 24.4 Å². The van der Waals surface area contributed by atoms with Crippen molar-refractivity contribution >= 4 is 5.91 Å². The molecule has 1 aliphatic carbocycles. The van der Waals surface area contributed by atoms with Gasteiger partial charge in [0, 0.05) is 12.1 Å². The van der Waals surface area contributed by atoms with Crippen LogP contribution in [0.3, 0.4) is 0 Å². The zero-order chi connectivity index (χ0) is 18.7. The van der Waals surface area contributed by atoms with Gasteiger partial charge in [-0.2, -0.15) is 13.2 Å². The van der Waals surface area contributed by atoms with Crippen molar-refractivity contribution in [2.75, 3.05) is 0 Å². The Hall–Kier alpha value is -2.45. The highest BCUT2D eigenvalue weighted by Gasteiger charge is 2.31. The molecule has 1 aliphatic rings. The van der Waals surface area contributed by atoms with Crippen LogP contribution in [0.1, 0.15) is 59.8 Å². The Morgan fingerprint density at radius 1 is 1.23 bits per heavy atom. The second kappa shape index (κ2) is 7.43. The number of rotatable bonds is 4. The molecule has 1 fully saturated rings. The fourth-order valence-corrected chi connectivity index (χ4v) is 3.04. The van der Waals surface area contributed by atoms with Crippen LogP contribution >= 0.6 is 0 Å². The first kappa shape index (κ1) is 18.3. The van der Waals surface area contributed by atoms with E-state index in [-0.39, 0.29) is 23.8 Å². The number of hydrogen-bond donors (Lipinski definition) is 1. The summed E-state index contributed by atoms with van der Waals surface area (Å²) in [6, 6.07) is 2.44. The summed E-state index contributed by atoms with van der Waals surface area (Å²) in [7, 11) is 0. The van der Waals surface area contributed by atoms with Gasteiger partial charge in [0.1, 0.15) is 5.82 Å². The summed E-state index contributed by atoms with van der Waals surface area (Å²) in [6.45, 7) is -0.237. The Bertz CT molecular complexity index is 781. The molecule has 1 heterocycles. The number of halogens is 4. The van der Waals surface area contributed by atoms with Gasteiger partial charge in [-0.25, -0.2) is 9.07 Å². The van der Waals surface area contributed by atoms with E-state index in [1.165, 1.54) is 6.42 Å². The summed E-state index contributed by atoms with van der Waals surface area (Å²) in [5.41, 5.74) is -1.01. The van der Waals surface area contributed by atoms with Crippen LogP contribution in [0.4, 0.5) is 17.6 Å². The molecule has 1 aromatic carbocycles. The summed E-state index contributed by atoms with van der Waals surface area (Å²) in [6.07, 6.45) is 2.33. The number of nitrogens with one attached hydrogen (secondary N) is 1. The third-order valence-electron chi connectivity index (χ3n) is 4.51. The van der Waals surface area contributed by atoms with Crippen molar-refractivity contribution in [1.29, 1.82) is 0 Å². The van der Waals surface area contributed by atoms with Gasteiger partial charge >= 0.3 is 6.18 Å².